The summed E-state index contributed by atoms with van der Waals surface area (Å²) in [6.45, 7) is 3.32. The first-order valence-corrected chi connectivity index (χ1v) is 5.19. The Morgan fingerprint density at radius 1 is 1.46 bits per heavy atom. The maximum Gasteiger partial charge on any atom is 0.124 e. The number of halogens is 1. The van der Waals surface area contributed by atoms with Gasteiger partial charge in [-0.2, -0.15) is 0 Å². The van der Waals surface area contributed by atoms with Crippen molar-refractivity contribution < 1.29 is 4.74 Å². The Balaban J connectivity index is 2.85. The normalized spacial score (nSPS) is 10.1. The van der Waals surface area contributed by atoms with Crippen molar-refractivity contribution in [1.82, 2.24) is 0 Å². The Kier molecular flexibility index (Phi) is 4.25. The average molecular weight is 244 g/mol. The first-order valence-electron chi connectivity index (χ1n) is 4.39. The van der Waals surface area contributed by atoms with E-state index >= 15 is 0 Å². The highest BCUT2D eigenvalue weighted by Crippen LogP contribution is 2.26. The minimum atomic E-state index is 0.500. The fraction of sp³-hybridized carbons (Fsp3) is 0.400. The van der Waals surface area contributed by atoms with Crippen LogP contribution in [0.5, 0.6) is 5.75 Å². The van der Waals surface area contributed by atoms with Crippen molar-refractivity contribution in [2.45, 2.75) is 19.9 Å². The number of rotatable bonds is 4. The predicted molar refractivity (Wildman–Crippen MR) is 57.8 cm³/mol. The molecule has 0 bridgehead atoms. The lowest BCUT2D eigenvalue weighted by atomic mass is 10.2. The van der Waals surface area contributed by atoms with E-state index in [1.54, 1.807) is 0 Å². The zero-order valence-electron chi connectivity index (χ0n) is 7.72. The van der Waals surface area contributed by atoms with Crippen LogP contribution in [-0.4, -0.2) is 6.61 Å². The van der Waals surface area contributed by atoms with Gasteiger partial charge in [-0.15, -0.1) is 0 Å². The highest BCUT2D eigenvalue weighted by Gasteiger charge is 2.04. The summed E-state index contributed by atoms with van der Waals surface area (Å²) in [7, 11) is 0. The van der Waals surface area contributed by atoms with Crippen molar-refractivity contribution in [2.24, 2.45) is 5.73 Å². The Morgan fingerprint density at radius 2 is 2.23 bits per heavy atom. The van der Waals surface area contributed by atoms with E-state index < -0.39 is 0 Å². The van der Waals surface area contributed by atoms with Crippen molar-refractivity contribution >= 4 is 15.9 Å². The van der Waals surface area contributed by atoms with E-state index in [1.807, 2.05) is 18.2 Å². The van der Waals surface area contributed by atoms with Crippen LogP contribution in [0.25, 0.3) is 0 Å². The second-order valence-corrected chi connectivity index (χ2v) is 3.62. The molecule has 3 heteroatoms. The number of ether oxygens (including phenoxy) is 1. The lowest BCUT2D eigenvalue weighted by molar-refractivity contribution is 0.314. The smallest absolute Gasteiger partial charge is 0.124 e. The van der Waals surface area contributed by atoms with Gasteiger partial charge in [-0.3, -0.25) is 0 Å². The largest absolute Gasteiger partial charge is 0.493 e. The van der Waals surface area contributed by atoms with Crippen molar-refractivity contribution in [3.05, 3.63) is 28.2 Å². The van der Waals surface area contributed by atoms with Crippen molar-refractivity contribution in [3.63, 3.8) is 0 Å². The van der Waals surface area contributed by atoms with Crippen LogP contribution >= 0.6 is 15.9 Å². The zero-order valence-corrected chi connectivity index (χ0v) is 9.30. The van der Waals surface area contributed by atoms with Crippen molar-refractivity contribution in [2.75, 3.05) is 6.61 Å². The number of nitrogens with two attached hydrogens (primary N) is 1. The molecule has 0 aliphatic rings. The molecule has 0 spiro atoms. The minimum Gasteiger partial charge on any atom is -0.493 e. The van der Waals surface area contributed by atoms with Crippen LogP contribution in [0, 0.1) is 0 Å². The molecule has 0 heterocycles. The predicted octanol–water partition coefficient (Wildman–Crippen LogP) is 2.70. The molecule has 2 nitrogen and oxygen atoms in total. The molecule has 0 atom stereocenters. The summed E-state index contributed by atoms with van der Waals surface area (Å²) < 4.78 is 6.57. The molecule has 1 aromatic rings. The molecule has 0 fully saturated rings. The van der Waals surface area contributed by atoms with E-state index in [0.717, 1.165) is 28.8 Å². The summed E-state index contributed by atoms with van der Waals surface area (Å²) in [5.41, 5.74) is 6.65. The molecule has 0 saturated heterocycles. The molecule has 1 rings (SSSR count). The first-order chi connectivity index (χ1) is 6.29. The molecule has 0 amide bonds. The van der Waals surface area contributed by atoms with E-state index in [9.17, 15) is 0 Å². The summed E-state index contributed by atoms with van der Waals surface area (Å²) in [6.07, 6.45) is 1.01. The number of hydrogen-bond acceptors (Lipinski definition) is 2. The second kappa shape index (κ2) is 5.25. The van der Waals surface area contributed by atoms with Crippen LogP contribution < -0.4 is 10.5 Å². The van der Waals surface area contributed by atoms with E-state index in [0.29, 0.717) is 6.54 Å². The lowest BCUT2D eigenvalue weighted by Crippen LogP contribution is -2.03. The van der Waals surface area contributed by atoms with Crippen LogP contribution in [0.1, 0.15) is 18.9 Å². The van der Waals surface area contributed by atoms with E-state index in [4.69, 9.17) is 10.5 Å². The topological polar surface area (TPSA) is 35.2 Å². The van der Waals surface area contributed by atoms with Crippen LogP contribution in [0.2, 0.25) is 0 Å². The van der Waals surface area contributed by atoms with Gasteiger partial charge >= 0.3 is 0 Å². The van der Waals surface area contributed by atoms with Crippen LogP contribution in [-0.2, 0) is 6.54 Å². The monoisotopic (exact) mass is 243 g/mol. The van der Waals surface area contributed by atoms with Gasteiger partial charge in [-0.25, -0.2) is 0 Å². The van der Waals surface area contributed by atoms with Gasteiger partial charge in [-0.05, 0) is 18.6 Å². The van der Waals surface area contributed by atoms with Gasteiger partial charge in [0, 0.05) is 16.6 Å². The fourth-order valence-corrected chi connectivity index (χ4v) is 1.59. The van der Waals surface area contributed by atoms with Gasteiger partial charge < -0.3 is 10.5 Å². The summed E-state index contributed by atoms with van der Waals surface area (Å²) in [6, 6.07) is 5.87. The van der Waals surface area contributed by atoms with Gasteiger partial charge in [0.2, 0.25) is 0 Å². The van der Waals surface area contributed by atoms with E-state index in [1.165, 1.54) is 0 Å². The minimum absolute atomic E-state index is 0.500. The molecular weight excluding hydrogens is 230 g/mol. The third-order valence-electron chi connectivity index (χ3n) is 1.74. The van der Waals surface area contributed by atoms with E-state index in [2.05, 4.69) is 22.9 Å². The Hall–Kier alpha value is -0.540. The van der Waals surface area contributed by atoms with Crippen LogP contribution in [0.15, 0.2) is 22.7 Å². The van der Waals surface area contributed by atoms with Gasteiger partial charge in [0.05, 0.1) is 6.61 Å². The third-order valence-corrected chi connectivity index (χ3v) is 2.48. The molecule has 0 aliphatic heterocycles. The average Bonchev–Trinajstić information content (AvgIpc) is 2.15. The zero-order chi connectivity index (χ0) is 9.68. The quantitative estimate of drug-likeness (QED) is 0.883. The fourth-order valence-electron chi connectivity index (χ4n) is 1.08. The van der Waals surface area contributed by atoms with Gasteiger partial charge in [-0.1, -0.05) is 28.9 Å². The molecule has 0 saturated carbocycles. The summed E-state index contributed by atoms with van der Waals surface area (Å²) in [5.74, 6) is 0.888. The van der Waals surface area contributed by atoms with Crippen LogP contribution in [0.4, 0.5) is 0 Å². The maximum absolute atomic E-state index is 5.61. The Labute approximate surface area is 87.2 Å². The van der Waals surface area contributed by atoms with Crippen molar-refractivity contribution in [3.8, 4) is 5.75 Å². The molecule has 0 radical (unpaired) electrons. The molecule has 0 aromatic heterocycles. The number of hydrogen-bond donors (Lipinski definition) is 1. The molecule has 1 aromatic carbocycles. The number of benzene rings is 1. The first kappa shape index (κ1) is 10.5. The molecule has 72 valence electrons. The SMILES string of the molecule is CCCOc1cccc(Br)c1CN. The highest BCUT2D eigenvalue weighted by atomic mass is 79.9. The molecular formula is C10H14BrNO. The highest BCUT2D eigenvalue weighted by molar-refractivity contribution is 9.10. The maximum atomic E-state index is 5.61. The molecule has 0 unspecified atom stereocenters. The summed E-state index contributed by atoms with van der Waals surface area (Å²) >= 11 is 3.44. The van der Waals surface area contributed by atoms with Crippen LogP contribution in [0.3, 0.4) is 0 Å². The molecule has 2 N–H and O–H groups in total. The summed E-state index contributed by atoms with van der Waals surface area (Å²) in [5, 5.41) is 0. The standard InChI is InChI=1S/C10H14BrNO/c1-2-6-13-10-5-3-4-9(11)8(10)7-12/h3-5H,2,6-7,12H2,1H3. The summed E-state index contributed by atoms with van der Waals surface area (Å²) in [4.78, 5) is 0. The van der Waals surface area contributed by atoms with Crippen molar-refractivity contribution in [1.29, 1.82) is 0 Å². The molecule has 0 aliphatic carbocycles. The lowest BCUT2D eigenvalue weighted by Gasteiger charge is -2.10. The second-order valence-electron chi connectivity index (χ2n) is 2.77. The van der Waals surface area contributed by atoms with E-state index in [-0.39, 0.29) is 0 Å². The van der Waals surface area contributed by atoms with Gasteiger partial charge in [0.15, 0.2) is 0 Å². The van der Waals surface area contributed by atoms with Gasteiger partial charge in [0.25, 0.3) is 0 Å². The van der Waals surface area contributed by atoms with Gasteiger partial charge in [0.1, 0.15) is 5.75 Å². The third kappa shape index (κ3) is 2.71. The Morgan fingerprint density at radius 3 is 2.85 bits per heavy atom. The Bertz CT molecular complexity index is 276. The molecule has 13 heavy (non-hydrogen) atoms.